The van der Waals surface area contributed by atoms with Crippen LogP contribution in [0.25, 0.3) is 0 Å². The number of fused-ring (bicyclic) bond motifs is 1. The minimum atomic E-state index is -0.961. The Balaban J connectivity index is 2.66. The third kappa shape index (κ3) is 1.27. The van der Waals surface area contributed by atoms with Gasteiger partial charge >= 0.3 is 0 Å². The van der Waals surface area contributed by atoms with E-state index in [1.54, 1.807) is 7.05 Å². The Morgan fingerprint density at radius 1 is 1.33 bits per heavy atom. The second kappa shape index (κ2) is 3.07. The largest absolute Gasteiger partial charge is 0.382 e. The number of benzene rings is 1. The molecule has 1 amide bonds. The lowest BCUT2D eigenvalue weighted by atomic mass is 9.75. The van der Waals surface area contributed by atoms with E-state index in [1.807, 2.05) is 38.1 Å². The van der Waals surface area contributed by atoms with Crippen LogP contribution in [0, 0.1) is 0 Å². The molecule has 0 fully saturated rings. The Bertz CT molecular complexity index is 412. The number of anilines is 1. The Morgan fingerprint density at radius 3 is 2.60 bits per heavy atom. The van der Waals surface area contributed by atoms with E-state index in [9.17, 15) is 9.90 Å². The first-order chi connectivity index (χ1) is 6.96. The Labute approximate surface area is 89.3 Å². The number of aliphatic hydroxyl groups is 1. The molecule has 15 heavy (non-hydrogen) atoms. The van der Waals surface area contributed by atoms with Gasteiger partial charge in [-0.25, -0.2) is 0 Å². The average Bonchev–Trinajstić information content (AvgIpc) is 2.24. The number of carbonyl (C=O) groups excluding carboxylic acids is 1. The normalized spacial score (nSPS) is 23.9. The van der Waals surface area contributed by atoms with Gasteiger partial charge in [0.1, 0.15) is 6.10 Å². The summed E-state index contributed by atoms with van der Waals surface area (Å²) in [6, 6.07) is 7.69. The number of nitrogens with zero attached hydrogens (tertiary/aromatic N) is 1. The maximum absolute atomic E-state index is 11.8. The van der Waals surface area contributed by atoms with Crippen molar-refractivity contribution in [2.24, 2.45) is 0 Å². The predicted molar refractivity (Wildman–Crippen MR) is 58.9 cm³/mol. The van der Waals surface area contributed by atoms with E-state index in [4.69, 9.17) is 0 Å². The maximum Gasteiger partial charge on any atom is 0.256 e. The monoisotopic (exact) mass is 205 g/mol. The lowest BCUT2D eigenvalue weighted by Crippen LogP contribution is -2.51. The molecule has 0 aromatic heterocycles. The van der Waals surface area contributed by atoms with Gasteiger partial charge in [0.05, 0.1) is 0 Å². The number of carbonyl (C=O) groups is 1. The van der Waals surface area contributed by atoms with Crippen molar-refractivity contribution in [1.29, 1.82) is 0 Å². The fourth-order valence-electron chi connectivity index (χ4n) is 2.07. The van der Waals surface area contributed by atoms with Crippen molar-refractivity contribution >= 4 is 11.6 Å². The first kappa shape index (κ1) is 10.2. The lowest BCUT2D eigenvalue weighted by Gasteiger charge is -2.40. The van der Waals surface area contributed by atoms with Gasteiger partial charge in [0, 0.05) is 18.2 Å². The van der Waals surface area contributed by atoms with Gasteiger partial charge in [0.25, 0.3) is 5.91 Å². The van der Waals surface area contributed by atoms with Crippen LogP contribution >= 0.6 is 0 Å². The Kier molecular flexibility index (Phi) is 2.08. The van der Waals surface area contributed by atoms with Gasteiger partial charge in [-0.1, -0.05) is 32.0 Å². The third-order valence-electron chi connectivity index (χ3n) is 3.21. The highest BCUT2D eigenvalue weighted by atomic mass is 16.3. The molecule has 0 saturated heterocycles. The highest BCUT2D eigenvalue weighted by Crippen LogP contribution is 2.39. The van der Waals surface area contributed by atoms with Crippen LogP contribution in [0.15, 0.2) is 24.3 Å². The van der Waals surface area contributed by atoms with Gasteiger partial charge in [-0.05, 0) is 11.6 Å². The fourth-order valence-corrected chi connectivity index (χ4v) is 2.07. The van der Waals surface area contributed by atoms with Crippen molar-refractivity contribution in [3.63, 3.8) is 0 Å². The average molecular weight is 205 g/mol. The smallest absolute Gasteiger partial charge is 0.256 e. The first-order valence-electron chi connectivity index (χ1n) is 5.01. The molecule has 1 aromatic carbocycles. The van der Waals surface area contributed by atoms with Crippen LogP contribution in [0.4, 0.5) is 5.69 Å². The summed E-state index contributed by atoms with van der Waals surface area (Å²) < 4.78 is 0. The molecule has 3 nitrogen and oxygen atoms in total. The number of hydrogen-bond acceptors (Lipinski definition) is 2. The number of para-hydroxylation sites is 1. The molecule has 0 saturated carbocycles. The molecular weight excluding hydrogens is 190 g/mol. The molecule has 80 valence electrons. The van der Waals surface area contributed by atoms with Crippen LogP contribution in [-0.2, 0) is 10.2 Å². The Morgan fingerprint density at radius 2 is 1.93 bits per heavy atom. The number of amides is 1. The second-order valence-electron chi connectivity index (χ2n) is 4.54. The molecule has 0 aliphatic carbocycles. The first-order valence-corrected chi connectivity index (χ1v) is 5.01. The molecule has 1 aliphatic heterocycles. The molecule has 1 aromatic rings. The van der Waals surface area contributed by atoms with E-state index < -0.39 is 11.5 Å². The molecule has 0 radical (unpaired) electrons. The summed E-state index contributed by atoms with van der Waals surface area (Å²) in [6.45, 7) is 3.78. The van der Waals surface area contributed by atoms with Gasteiger partial charge < -0.3 is 10.0 Å². The van der Waals surface area contributed by atoms with Crippen LogP contribution in [0.3, 0.4) is 0 Å². The highest BCUT2D eigenvalue weighted by molar-refractivity contribution is 6.00. The van der Waals surface area contributed by atoms with Crippen LogP contribution in [0.5, 0.6) is 0 Å². The molecular formula is C12H15NO2. The van der Waals surface area contributed by atoms with Crippen LogP contribution in [0.2, 0.25) is 0 Å². The van der Waals surface area contributed by atoms with Gasteiger partial charge in [0.2, 0.25) is 0 Å². The molecule has 2 rings (SSSR count). The van der Waals surface area contributed by atoms with Gasteiger partial charge in [-0.15, -0.1) is 0 Å². The summed E-state index contributed by atoms with van der Waals surface area (Å²) in [6.07, 6.45) is -0.961. The quantitative estimate of drug-likeness (QED) is 0.693. The van der Waals surface area contributed by atoms with Crippen molar-refractivity contribution in [2.45, 2.75) is 25.4 Å². The van der Waals surface area contributed by atoms with Crippen LogP contribution in [-0.4, -0.2) is 24.2 Å². The van der Waals surface area contributed by atoms with Crippen molar-refractivity contribution in [3.05, 3.63) is 29.8 Å². The van der Waals surface area contributed by atoms with Gasteiger partial charge in [0.15, 0.2) is 0 Å². The van der Waals surface area contributed by atoms with Crippen molar-refractivity contribution in [3.8, 4) is 0 Å². The minimum absolute atomic E-state index is 0.237. The topological polar surface area (TPSA) is 40.5 Å². The van der Waals surface area contributed by atoms with Crippen LogP contribution in [0.1, 0.15) is 19.4 Å². The number of rotatable bonds is 0. The fraction of sp³-hybridized carbons (Fsp3) is 0.417. The standard InChI is InChI=1S/C12H15NO2/c1-12(2)8-6-4-5-7-9(8)13(3)11(15)10(12)14/h4-7,10,14H,1-3H3. The van der Waals surface area contributed by atoms with E-state index in [0.29, 0.717) is 0 Å². The molecule has 1 aliphatic rings. The van der Waals surface area contributed by atoms with Crippen molar-refractivity contribution in [1.82, 2.24) is 0 Å². The molecule has 1 unspecified atom stereocenters. The summed E-state index contributed by atoms with van der Waals surface area (Å²) in [5, 5.41) is 9.93. The van der Waals surface area contributed by atoms with E-state index in [0.717, 1.165) is 11.3 Å². The third-order valence-corrected chi connectivity index (χ3v) is 3.21. The number of aliphatic hydroxyl groups excluding tert-OH is 1. The summed E-state index contributed by atoms with van der Waals surface area (Å²) in [5.74, 6) is -0.237. The summed E-state index contributed by atoms with van der Waals surface area (Å²) in [5.41, 5.74) is 1.39. The van der Waals surface area contributed by atoms with Crippen molar-refractivity contribution in [2.75, 3.05) is 11.9 Å². The summed E-state index contributed by atoms with van der Waals surface area (Å²) in [4.78, 5) is 13.3. The zero-order chi connectivity index (χ0) is 11.2. The van der Waals surface area contributed by atoms with E-state index in [2.05, 4.69) is 0 Å². The van der Waals surface area contributed by atoms with E-state index in [1.165, 1.54) is 4.90 Å². The minimum Gasteiger partial charge on any atom is -0.382 e. The molecule has 1 atom stereocenters. The van der Waals surface area contributed by atoms with Crippen molar-refractivity contribution < 1.29 is 9.90 Å². The highest BCUT2D eigenvalue weighted by Gasteiger charge is 2.43. The second-order valence-corrected chi connectivity index (χ2v) is 4.54. The zero-order valence-electron chi connectivity index (χ0n) is 9.19. The molecule has 1 N–H and O–H groups in total. The van der Waals surface area contributed by atoms with Crippen LogP contribution < -0.4 is 4.90 Å². The van der Waals surface area contributed by atoms with E-state index in [-0.39, 0.29) is 5.91 Å². The molecule has 0 bridgehead atoms. The van der Waals surface area contributed by atoms with Gasteiger partial charge in [-0.3, -0.25) is 4.79 Å². The summed E-state index contributed by atoms with van der Waals surface area (Å²) in [7, 11) is 1.69. The maximum atomic E-state index is 11.8. The molecule has 3 heteroatoms. The zero-order valence-corrected chi connectivity index (χ0v) is 9.19. The summed E-state index contributed by atoms with van der Waals surface area (Å²) >= 11 is 0. The number of likely N-dealkylation sites (N-methyl/N-ethyl adjacent to an activating group) is 1. The molecule has 0 spiro atoms. The van der Waals surface area contributed by atoms with Gasteiger partial charge in [-0.2, -0.15) is 0 Å². The predicted octanol–water partition coefficient (Wildman–Crippen LogP) is 1.30. The SMILES string of the molecule is CN1C(=O)C(O)C(C)(C)c2ccccc21. The molecule has 1 heterocycles. The number of hydrogen-bond donors (Lipinski definition) is 1. The lowest BCUT2D eigenvalue weighted by molar-refractivity contribution is -0.130. The van der Waals surface area contributed by atoms with E-state index >= 15 is 0 Å². The Hall–Kier alpha value is -1.35.